The maximum atomic E-state index is 6.68. The quantitative estimate of drug-likeness (QED) is 0.600. The van der Waals surface area contributed by atoms with Crippen molar-refractivity contribution in [3.8, 4) is 5.75 Å². The zero-order valence-corrected chi connectivity index (χ0v) is 15.9. The average Bonchev–Trinajstić information content (AvgIpc) is 3.12. The molecule has 3 atom stereocenters. The molecule has 142 valence electrons. The highest BCUT2D eigenvalue weighted by atomic mass is 17.3. The Labute approximate surface area is 164 Å². The number of rotatable bonds is 4. The van der Waals surface area contributed by atoms with Crippen LogP contribution in [-0.4, -0.2) is 7.11 Å². The van der Waals surface area contributed by atoms with Crippen molar-refractivity contribution < 1.29 is 19.2 Å². The summed E-state index contributed by atoms with van der Waals surface area (Å²) in [5, 5.41) is 0. The van der Waals surface area contributed by atoms with E-state index in [0.29, 0.717) is 6.42 Å². The van der Waals surface area contributed by atoms with Gasteiger partial charge in [0, 0.05) is 23.5 Å². The molecule has 0 aromatic heterocycles. The summed E-state index contributed by atoms with van der Waals surface area (Å²) >= 11 is 0. The molecule has 3 aromatic rings. The van der Waals surface area contributed by atoms with Crippen molar-refractivity contribution in [1.29, 1.82) is 0 Å². The van der Waals surface area contributed by atoms with E-state index >= 15 is 0 Å². The van der Waals surface area contributed by atoms with Crippen LogP contribution in [-0.2, 0) is 32.5 Å². The number of ether oxygens (including phenoxy) is 2. The fraction of sp³-hybridized carbons (Fsp3) is 0.250. The van der Waals surface area contributed by atoms with Gasteiger partial charge >= 0.3 is 0 Å². The van der Waals surface area contributed by atoms with Crippen molar-refractivity contribution in [1.82, 2.24) is 0 Å². The second-order valence-electron chi connectivity index (χ2n) is 7.39. The standard InChI is InChI=1S/C24H22O4/c1-17-21-10-6-7-11-22(21)23(16-18-12-14-20(25-2)15-13-18)26-24(17,28-27-23)19-8-4-3-5-9-19/h3-15,17H,16H2,1-2H3. The van der Waals surface area contributed by atoms with E-state index in [2.05, 4.69) is 25.1 Å². The van der Waals surface area contributed by atoms with E-state index < -0.39 is 11.6 Å². The fourth-order valence-corrected chi connectivity index (χ4v) is 4.30. The SMILES string of the molecule is COc1ccc(CC23OOC(c4ccccc4)(O2)C(C)c2ccccc23)cc1. The summed E-state index contributed by atoms with van der Waals surface area (Å²) in [7, 11) is 1.66. The first kappa shape index (κ1) is 17.4. The van der Waals surface area contributed by atoms with E-state index in [9.17, 15) is 0 Å². The lowest BCUT2D eigenvalue weighted by Gasteiger charge is -2.40. The Bertz CT molecular complexity index is 985. The van der Waals surface area contributed by atoms with Crippen LogP contribution >= 0.6 is 0 Å². The maximum absolute atomic E-state index is 6.68. The average molecular weight is 374 g/mol. The maximum Gasteiger partial charge on any atom is 0.237 e. The summed E-state index contributed by atoms with van der Waals surface area (Å²) in [6.07, 6.45) is 0.537. The molecule has 0 radical (unpaired) electrons. The van der Waals surface area contributed by atoms with E-state index in [-0.39, 0.29) is 5.92 Å². The molecule has 0 saturated carbocycles. The zero-order chi connectivity index (χ0) is 19.2. The number of benzene rings is 3. The van der Waals surface area contributed by atoms with Gasteiger partial charge in [0.1, 0.15) is 5.75 Å². The van der Waals surface area contributed by atoms with Gasteiger partial charge in [-0.2, -0.15) is 9.78 Å². The first-order valence-electron chi connectivity index (χ1n) is 9.52. The van der Waals surface area contributed by atoms with Crippen molar-refractivity contribution >= 4 is 0 Å². The third kappa shape index (κ3) is 2.49. The van der Waals surface area contributed by atoms with Gasteiger partial charge in [-0.15, -0.1) is 0 Å². The second-order valence-corrected chi connectivity index (χ2v) is 7.39. The monoisotopic (exact) mass is 374 g/mol. The van der Waals surface area contributed by atoms with Crippen LogP contribution in [0.4, 0.5) is 0 Å². The van der Waals surface area contributed by atoms with Gasteiger partial charge < -0.3 is 9.47 Å². The van der Waals surface area contributed by atoms with Gasteiger partial charge in [0.2, 0.25) is 11.6 Å². The molecule has 1 saturated heterocycles. The molecule has 2 aliphatic heterocycles. The van der Waals surface area contributed by atoms with Crippen LogP contribution in [0.5, 0.6) is 5.75 Å². The van der Waals surface area contributed by atoms with Crippen LogP contribution in [0.2, 0.25) is 0 Å². The molecule has 0 amide bonds. The van der Waals surface area contributed by atoms with Gasteiger partial charge in [0.15, 0.2) is 0 Å². The lowest BCUT2D eigenvalue weighted by Crippen LogP contribution is -2.43. The normalized spacial score (nSPS) is 28.0. The number of hydrogen-bond donors (Lipinski definition) is 0. The molecule has 1 fully saturated rings. The molecule has 0 spiro atoms. The Morgan fingerprint density at radius 2 is 1.57 bits per heavy atom. The molecule has 5 rings (SSSR count). The minimum atomic E-state index is -0.993. The summed E-state index contributed by atoms with van der Waals surface area (Å²) in [6.45, 7) is 2.12. The second kappa shape index (κ2) is 6.45. The zero-order valence-electron chi connectivity index (χ0n) is 15.9. The van der Waals surface area contributed by atoms with E-state index in [1.165, 1.54) is 5.56 Å². The van der Waals surface area contributed by atoms with Crippen LogP contribution in [0.15, 0.2) is 78.9 Å². The lowest BCUT2D eigenvalue weighted by molar-refractivity contribution is -0.357. The third-order valence-electron chi connectivity index (χ3n) is 5.80. The Balaban J connectivity index is 1.62. The lowest BCUT2D eigenvalue weighted by atomic mass is 9.79. The highest BCUT2D eigenvalue weighted by molar-refractivity contribution is 5.42. The van der Waals surface area contributed by atoms with E-state index in [1.54, 1.807) is 7.11 Å². The van der Waals surface area contributed by atoms with Crippen LogP contribution < -0.4 is 4.74 Å². The molecule has 4 heteroatoms. The predicted molar refractivity (Wildman–Crippen MR) is 105 cm³/mol. The van der Waals surface area contributed by atoms with Gasteiger partial charge in [-0.3, -0.25) is 0 Å². The first-order chi connectivity index (χ1) is 13.7. The summed E-state index contributed by atoms with van der Waals surface area (Å²) in [4.78, 5) is 12.0. The Kier molecular flexibility index (Phi) is 4.02. The molecule has 2 heterocycles. The highest BCUT2D eigenvalue weighted by Crippen LogP contribution is 2.59. The fourth-order valence-electron chi connectivity index (χ4n) is 4.30. The van der Waals surface area contributed by atoms with Gasteiger partial charge in [0.25, 0.3) is 0 Å². The van der Waals surface area contributed by atoms with Crippen LogP contribution in [0.25, 0.3) is 0 Å². The van der Waals surface area contributed by atoms with Crippen molar-refractivity contribution in [2.75, 3.05) is 7.11 Å². The van der Waals surface area contributed by atoms with Crippen molar-refractivity contribution in [3.63, 3.8) is 0 Å². The highest BCUT2D eigenvalue weighted by Gasteiger charge is 2.62. The van der Waals surface area contributed by atoms with Gasteiger partial charge in [0.05, 0.1) is 7.11 Å². The molecule has 2 aliphatic rings. The first-order valence-corrected chi connectivity index (χ1v) is 9.52. The number of hydrogen-bond acceptors (Lipinski definition) is 4. The van der Waals surface area contributed by atoms with E-state index in [1.807, 2.05) is 60.7 Å². The molecule has 28 heavy (non-hydrogen) atoms. The largest absolute Gasteiger partial charge is 0.497 e. The van der Waals surface area contributed by atoms with Crippen LogP contribution in [0.3, 0.4) is 0 Å². The van der Waals surface area contributed by atoms with Crippen molar-refractivity contribution in [2.24, 2.45) is 0 Å². The molecular weight excluding hydrogens is 352 g/mol. The smallest absolute Gasteiger partial charge is 0.237 e. The van der Waals surface area contributed by atoms with Crippen LogP contribution in [0.1, 0.15) is 35.1 Å². The number of methoxy groups -OCH3 is 1. The Morgan fingerprint density at radius 1 is 0.857 bits per heavy atom. The molecule has 3 unspecified atom stereocenters. The summed E-state index contributed by atoms with van der Waals surface area (Å²) in [6, 6.07) is 26.3. The Hall–Kier alpha value is -2.66. The molecule has 3 aromatic carbocycles. The molecule has 2 bridgehead atoms. The summed E-state index contributed by atoms with van der Waals surface area (Å²) in [5.41, 5.74) is 4.23. The minimum Gasteiger partial charge on any atom is -0.497 e. The topological polar surface area (TPSA) is 36.9 Å². The molecule has 0 aliphatic carbocycles. The number of fused-ring (bicyclic) bond motifs is 4. The van der Waals surface area contributed by atoms with E-state index in [4.69, 9.17) is 19.2 Å². The molecule has 4 nitrogen and oxygen atoms in total. The van der Waals surface area contributed by atoms with Crippen molar-refractivity contribution in [2.45, 2.75) is 30.8 Å². The minimum absolute atomic E-state index is 0.0161. The summed E-state index contributed by atoms with van der Waals surface area (Å²) in [5.74, 6) is -1.16. The molecule has 0 N–H and O–H groups in total. The van der Waals surface area contributed by atoms with E-state index in [0.717, 1.165) is 22.4 Å². The third-order valence-corrected chi connectivity index (χ3v) is 5.80. The van der Waals surface area contributed by atoms with Crippen LogP contribution in [0, 0.1) is 0 Å². The van der Waals surface area contributed by atoms with Gasteiger partial charge in [-0.05, 0) is 23.3 Å². The summed E-state index contributed by atoms with van der Waals surface area (Å²) < 4.78 is 12.0. The Morgan fingerprint density at radius 3 is 2.32 bits per heavy atom. The van der Waals surface area contributed by atoms with Gasteiger partial charge in [-0.25, -0.2) is 0 Å². The van der Waals surface area contributed by atoms with Crippen molar-refractivity contribution in [3.05, 3.63) is 101 Å². The predicted octanol–water partition coefficient (Wildman–Crippen LogP) is 5.04. The van der Waals surface area contributed by atoms with Gasteiger partial charge in [-0.1, -0.05) is 73.7 Å². The molecular formula is C24H22O4.